The first-order valence-corrected chi connectivity index (χ1v) is 7.95. The van der Waals surface area contributed by atoms with Crippen molar-refractivity contribution in [2.75, 3.05) is 12.4 Å². The van der Waals surface area contributed by atoms with Crippen molar-refractivity contribution in [3.05, 3.63) is 45.8 Å². The molecule has 0 saturated heterocycles. The van der Waals surface area contributed by atoms with Crippen LogP contribution < -0.4 is 15.4 Å². The molecule has 0 radical (unpaired) electrons. The zero-order chi connectivity index (χ0) is 17.0. The molecule has 0 aliphatic rings. The average molecular weight is 345 g/mol. The van der Waals surface area contributed by atoms with Crippen molar-refractivity contribution in [2.45, 2.75) is 13.8 Å². The van der Waals surface area contributed by atoms with Crippen LogP contribution in [-0.2, 0) is 0 Å². The number of nitriles is 1. The van der Waals surface area contributed by atoms with Gasteiger partial charge in [0.15, 0.2) is 5.11 Å². The summed E-state index contributed by atoms with van der Waals surface area (Å²) < 4.78 is 5.09. The largest absolute Gasteiger partial charge is 0.497 e. The fraction of sp³-hybridized carbons (Fsp3) is 0.188. The zero-order valence-corrected chi connectivity index (χ0v) is 14.5. The Hall–Kier alpha value is -2.43. The van der Waals surface area contributed by atoms with Crippen LogP contribution in [0.25, 0.3) is 0 Å². The Morgan fingerprint density at radius 1 is 1.39 bits per heavy atom. The molecule has 0 atom stereocenters. The molecule has 118 valence electrons. The van der Waals surface area contributed by atoms with E-state index < -0.39 is 0 Å². The van der Waals surface area contributed by atoms with E-state index in [4.69, 9.17) is 17.0 Å². The summed E-state index contributed by atoms with van der Waals surface area (Å²) in [5, 5.41) is 15.5. The Morgan fingerprint density at radius 3 is 2.78 bits per heavy atom. The first-order chi connectivity index (χ1) is 11.0. The van der Waals surface area contributed by atoms with Crippen molar-refractivity contribution in [3.8, 4) is 11.8 Å². The minimum absolute atomic E-state index is 0.149. The Bertz CT molecular complexity index is 806. The predicted octanol–water partition coefficient (Wildman–Crippen LogP) is 3.37. The minimum Gasteiger partial charge on any atom is -0.497 e. The molecule has 2 N–H and O–H groups in total. The summed E-state index contributed by atoms with van der Waals surface area (Å²) in [7, 11) is 1.54. The molecule has 0 spiro atoms. The number of carbonyl (C=O) groups excluding carboxylic acids is 1. The topological polar surface area (TPSA) is 74.2 Å². The normalized spacial score (nSPS) is 9.83. The Morgan fingerprint density at radius 2 is 2.13 bits per heavy atom. The molecule has 1 aromatic heterocycles. The van der Waals surface area contributed by atoms with Gasteiger partial charge in [0.2, 0.25) is 0 Å². The second-order valence-electron chi connectivity index (χ2n) is 4.74. The third-order valence-electron chi connectivity index (χ3n) is 3.28. The smallest absolute Gasteiger partial charge is 0.257 e. The molecule has 0 aliphatic carbocycles. The van der Waals surface area contributed by atoms with Crippen molar-refractivity contribution >= 4 is 39.6 Å². The number of nitrogens with one attached hydrogen (secondary N) is 2. The van der Waals surface area contributed by atoms with Gasteiger partial charge < -0.3 is 10.1 Å². The van der Waals surface area contributed by atoms with E-state index in [0.717, 1.165) is 10.4 Å². The molecule has 23 heavy (non-hydrogen) atoms. The molecule has 7 heteroatoms. The Balaban J connectivity index is 2.09. The second-order valence-corrected chi connectivity index (χ2v) is 6.37. The molecular formula is C16H15N3O2S2. The highest BCUT2D eigenvalue weighted by molar-refractivity contribution is 7.80. The maximum absolute atomic E-state index is 12.2. The molecule has 1 aromatic carbocycles. The number of amides is 1. The van der Waals surface area contributed by atoms with Gasteiger partial charge in [0.05, 0.1) is 12.7 Å². The lowest BCUT2D eigenvalue weighted by atomic mass is 10.2. The minimum atomic E-state index is -0.343. The number of methoxy groups -OCH3 is 1. The van der Waals surface area contributed by atoms with Crippen molar-refractivity contribution in [2.24, 2.45) is 0 Å². The van der Waals surface area contributed by atoms with Crippen LogP contribution in [0.2, 0.25) is 0 Å². The summed E-state index contributed by atoms with van der Waals surface area (Å²) in [5.41, 5.74) is 1.90. The monoisotopic (exact) mass is 345 g/mol. The van der Waals surface area contributed by atoms with Crippen molar-refractivity contribution < 1.29 is 9.53 Å². The lowest BCUT2D eigenvalue weighted by Crippen LogP contribution is -2.34. The number of benzene rings is 1. The number of thiophene rings is 1. The van der Waals surface area contributed by atoms with E-state index in [1.165, 1.54) is 18.4 Å². The van der Waals surface area contributed by atoms with E-state index in [9.17, 15) is 10.1 Å². The van der Waals surface area contributed by atoms with E-state index in [2.05, 4.69) is 16.7 Å². The SMILES string of the molecule is COc1cccc(C(=O)NC(=S)Nc2sc(C)c(C)c2C#N)c1. The molecule has 0 saturated carbocycles. The van der Waals surface area contributed by atoms with E-state index in [0.29, 0.717) is 21.9 Å². The average Bonchev–Trinajstić information content (AvgIpc) is 2.80. The molecule has 0 aliphatic heterocycles. The van der Waals surface area contributed by atoms with Gasteiger partial charge in [-0.2, -0.15) is 5.26 Å². The molecule has 0 unspecified atom stereocenters. The van der Waals surface area contributed by atoms with Crippen molar-refractivity contribution in [1.29, 1.82) is 5.26 Å². The van der Waals surface area contributed by atoms with Crippen LogP contribution in [0.1, 0.15) is 26.4 Å². The van der Waals surface area contributed by atoms with Gasteiger partial charge in [0, 0.05) is 10.4 Å². The number of thiocarbonyl (C=S) groups is 1. The lowest BCUT2D eigenvalue weighted by Gasteiger charge is -2.09. The first-order valence-electron chi connectivity index (χ1n) is 6.72. The molecule has 2 rings (SSSR count). The highest BCUT2D eigenvalue weighted by atomic mass is 32.1. The number of rotatable bonds is 3. The molecule has 1 amide bonds. The fourth-order valence-electron chi connectivity index (χ4n) is 1.92. The van der Waals surface area contributed by atoms with Crippen LogP contribution in [0.5, 0.6) is 5.75 Å². The van der Waals surface area contributed by atoms with Gasteiger partial charge in [-0.05, 0) is 49.8 Å². The molecule has 5 nitrogen and oxygen atoms in total. The summed E-state index contributed by atoms with van der Waals surface area (Å²) in [6.45, 7) is 3.82. The number of ether oxygens (including phenoxy) is 1. The number of nitrogens with zero attached hydrogens (tertiary/aromatic N) is 1. The Labute approximate surface area is 143 Å². The van der Waals surface area contributed by atoms with Crippen LogP contribution in [0.15, 0.2) is 24.3 Å². The number of carbonyl (C=O) groups is 1. The van der Waals surface area contributed by atoms with Crippen LogP contribution in [-0.4, -0.2) is 18.1 Å². The number of hydrogen-bond acceptors (Lipinski definition) is 5. The van der Waals surface area contributed by atoms with Gasteiger partial charge in [-0.3, -0.25) is 10.1 Å². The summed E-state index contributed by atoms with van der Waals surface area (Å²) in [6.07, 6.45) is 0. The second kappa shape index (κ2) is 7.22. The summed E-state index contributed by atoms with van der Waals surface area (Å²) in [4.78, 5) is 13.2. The third kappa shape index (κ3) is 3.86. The van der Waals surface area contributed by atoms with Crippen molar-refractivity contribution in [3.63, 3.8) is 0 Å². The highest BCUT2D eigenvalue weighted by Gasteiger charge is 2.15. The van der Waals surface area contributed by atoms with Gasteiger partial charge in [-0.1, -0.05) is 6.07 Å². The van der Waals surface area contributed by atoms with Gasteiger partial charge >= 0.3 is 0 Å². The predicted molar refractivity (Wildman–Crippen MR) is 95.2 cm³/mol. The Kier molecular flexibility index (Phi) is 5.32. The third-order valence-corrected chi connectivity index (χ3v) is 4.61. The number of hydrogen-bond donors (Lipinski definition) is 2. The molecule has 0 fully saturated rings. The highest BCUT2D eigenvalue weighted by Crippen LogP contribution is 2.31. The van der Waals surface area contributed by atoms with E-state index >= 15 is 0 Å². The van der Waals surface area contributed by atoms with Crippen LogP contribution >= 0.6 is 23.6 Å². The van der Waals surface area contributed by atoms with E-state index in [1.807, 2.05) is 13.8 Å². The summed E-state index contributed by atoms with van der Waals surface area (Å²) in [5.74, 6) is 0.248. The summed E-state index contributed by atoms with van der Waals surface area (Å²) >= 11 is 6.59. The van der Waals surface area contributed by atoms with Crippen LogP contribution in [0.3, 0.4) is 0 Å². The van der Waals surface area contributed by atoms with E-state index in [1.54, 1.807) is 24.3 Å². The summed E-state index contributed by atoms with van der Waals surface area (Å²) in [6, 6.07) is 8.92. The first kappa shape index (κ1) is 16.9. The van der Waals surface area contributed by atoms with Gasteiger partial charge in [0.25, 0.3) is 5.91 Å². The quantitative estimate of drug-likeness (QED) is 0.834. The van der Waals surface area contributed by atoms with Crippen molar-refractivity contribution in [1.82, 2.24) is 5.32 Å². The molecule has 0 bridgehead atoms. The molecule has 2 aromatic rings. The molecule has 1 heterocycles. The van der Waals surface area contributed by atoms with E-state index in [-0.39, 0.29) is 11.0 Å². The van der Waals surface area contributed by atoms with Gasteiger partial charge in [-0.25, -0.2) is 0 Å². The van der Waals surface area contributed by atoms with Gasteiger partial charge in [0.1, 0.15) is 16.8 Å². The maximum atomic E-state index is 12.2. The molecular weight excluding hydrogens is 330 g/mol. The fourth-order valence-corrected chi connectivity index (χ4v) is 3.20. The number of aryl methyl sites for hydroxylation is 1. The standard InChI is InChI=1S/C16H15N3O2S2/c1-9-10(2)23-15(13(9)8-17)19-16(22)18-14(20)11-5-4-6-12(7-11)21-3/h4-7H,1-3H3,(H2,18,19,20,22). The van der Waals surface area contributed by atoms with Crippen LogP contribution in [0.4, 0.5) is 5.00 Å². The maximum Gasteiger partial charge on any atom is 0.257 e. The zero-order valence-electron chi connectivity index (χ0n) is 12.9. The van der Waals surface area contributed by atoms with Crippen LogP contribution in [0, 0.1) is 25.2 Å². The number of anilines is 1. The lowest BCUT2D eigenvalue weighted by molar-refractivity contribution is 0.0977. The van der Waals surface area contributed by atoms with Gasteiger partial charge in [-0.15, -0.1) is 11.3 Å².